The van der Waals surface area contributed by atoms with Gasteiger partial charge in [0.25, 0.3) is 0 Å². The largest absolute Gasteiger partial charge is 0.507 e. The van der Waals surface area contributed by atoms with E-state index in [9.17, 15) is 9.90 Å². The van der Waals surface area contributed by atoms with Gasteiger partial charge < -0.3 is 20.6 Å². The van der Waals surface area contributed by atoms with E-state index in [0.717, 1.165) is 10.9 Å². The number of rotatable bonds is 5. The molecule has 0 aliphatic rings. The van der Waals surface area contributed by atoms with E-state index in [0.29, 0.717) is 22.6 Å². The van der Waals surface area contributed by atoms with Crippen LogP contribution < -0.4 is 5.32 Å². The lowest BCUT2D eigenvalue weighted by atomic mass is 10.0. The number of fused-ring (bicyclic) bond motifs is 1. The van der Waals surface area contributed by atoms with Gasteiger partial charge in [-0.2, -0.15) is 0 Å². The number of carbonyl (C=O) groups is 1. The number of alkyl carbamates (subject to hydrolysis) is 1. The Hall–Kier alpha value is -3.19. The monoisotopic (exact) mass is 414 g/mol. The second-order valence-corrected chi connectivity index (χ2v) is 6.65. The summed E-state index contributed by atoms with van der Waals surface area (Å²) >= 11 is 0. The summed E-state index contributed by atoms with van der Waals surface area (Å²) in [6.07, 6.45) is -0.270. The second-order valence-electron chi connectivity index (χ2n) is 6.65. The van der Waals surface area contributed by atoms with Crippen LogP contribution in [0.2, 0.25) is 0 Å². The topological polar surface area (TPSA) is 108 Å². The zero-order valence-electron chi connectivity index (χ0n) is 16.4. The van der Waals surface area contributed by atoms with Crippen LogP contribution in [-0.4, -0.2) is 40.0 Å². The van der Waals surface area contributed by atoms with Gasteiger partial charge in [-0.3, -0.25) is 0 Å². The predicted molar refractivity (Wildman–Crippen MR) is 115 cm³/mol. The molecule has 0 saturated heterocycles. The van der Waals surface area contributed by atoms with Crippen molar-refractivity contribution in [3.8, 4) is 17.1 Å². The molecule has 0 fully saturated rings. The number of para-hydroxylation sites is 1. The number of methoxy groups -OCH3 is 1. The van der Waals surface area contributed by atoms with Crippen molar-refractivity contribution in [3.63, 3.8) is 0 Å². The summed E-state index contributed by atoms with van der Waals surface area (Å²) in [5.41, 5.74) is 2.97. The van der Waals surface area contributed by atoms with Crippen LogP contribution in [0.15, 0.2) is 42.5 Å². The summed E-state index contributed by atoms with van der Waals surface area (Å²) in [5.74, 6) is 0.428. The molecule has 1 heterocycles. The molecule has 7 nitrogen and oxygen atoms in total. The molecule has 3 aromatic rings. The second kappa shape index (κ2) is 9.34. The number of hydrogen-bond donors (Lipinski definition) is 3. The summed E-state index contributed by atoms with van der Waals surface area (Å²) in [5, 5.41) is 22.2. The van der Waals surface area contributed by atoms with Crippen LogP contribution in [-0.2, 0) is 4.74 Å². The fourth-order valence-electron chi connectivity index (χ4n) is 2.97. The minimum atomic E-state index is -0.543. The predicted octanol–water partition coefficient (Wildman–Crippen LogP) is 4.24. The highest BCUT2D eigenvalue weighted by molar-refractivity contribution is 6.07. The Morgan fingerprint density at radius 2 is 1.97 bits per heavy atom. The SMILES string of the molecule is COC(=O)N[C@@H](C)CC(=N)c1nc(-c2ccccc2O)nc2cc(C)ccc12.Cl. The normalized spacial score (nSPS) is 11.4. The number of phenolic OH excluding ortho intramolecular Hbond substituents is 1. The van der Waals surface area contributed by atoms with Gasteiger partial charge in [0.1, 0.15) is 5.75 Å². The van der Waals surface area contributed by atoms with Crippen LogP contribution in [0.5, 0.6) is 5.75 Å². The maximum atomic E-state index is 11.4. The average molecular weight is 415 g/mol. The summed E-state index contributed by atoms with van der Waals surface area (Å²) in [6, 6.07) is 12.3. The van der Waals surface area contributed by atoms with Gasteiger partial charge in [0.2, 0.25) is 0 Å². The van der Waals surface area contributed by atoms with Crippen molar-refractivity contribution in [3.05, 3.63) is 53.7 Å². The van der Waals surface area contributed by atoms with Gasteiger partial charge in [0.05, 0.1) is 29.6 Å². The average Bonchev–Trinajstić information content (AvgIpc) is 2.66. The molecule has 0 saturated carbocycles. The Kier molecular flexibility index (Phi) is 7.12. The first-order valence-corrected chi connectivity index (χ1v) is 8.88. The lowest BCUT2D eigenvalue weighted by Gasteiger charge is -2.15. The number of halogens is 1. The number of aromatic nitrogens is 2. The number of amides is 1. The molecular weight excluding hydrogens is 392 g/mol. The molecule has 0 bridgehead atoms. The van der Waals surface area contributed by atoms with Gasteiger partial charge in [0.15, 0.2) is 5.82 Å². The highest BCUT2D eigenvalue weighted by Gasteiger charge is 2.18. The zero-order valence-corrected chi connectivity index (χ0v) is 17.2. The van der Waals surface area contributed by atoms with Gasteiger partial charge in [0, 0.05) is 17.8 Å². The van der Waals surface area contributed by atoms with Crippen molar-refractivity contribution in [2.24, 2.45) is 0 Å². The summed E-state index contributed by atoms with van der Waals surface area (Å²) in [4.78, 5) is 20.6. The summed E-state index contributed by atoms with van der Waals surface area (Å²) in [7, 11) is 1.30. The molecule has 0 spiro atoms. The molecule has 1 amide bonds. The number of aromatic hydroxyl groups is 1. The first kappa shape index (κ1) is 22.1. The van der Waals surface area contributed by atoms with Crippen molar-refractivity contribution in [1.82, 2.24) is 15.3 Å². The quantitative estimate of drug-likeness (QED) is 0.541. The van der Waals surface area contributed by atoms with Gasteiger partial charge in [-0.15, -0.1) is 12.4 Å². The van der Waals surface area contributed by atoms with E-state index >= 15 is 0 Å². The van der Waals surface area contributed by atoms with Crippen LogP contribution in [0.1, 0.15) is 24.6 Å². The van der Waals surface area contributed by atoms with Gasteiger partial charge >= 0.3 is 6.09 Å². The number of hydrogen-bond acceptors (Lipinski definition) is 6. The molecule has 1 aromatic heterocycles. The van der Waals surface area contributed by atoms with E-state index in [1.54, 1.807) is 31.2 Å². The highest BCUT2D eigenvalue weighted by Crippen LogP contribution is 2.29. The first-order chi connectivity index (χ1) is 13.4. The van der Waals surface area contributed by atoms with E-state index in [-0.39, 0.29) is 36.3 Å². The molecule has 3 rings (SSSR count). The lowest BCUT2D eigenvalue weighted by Crippen LogP contribution is -2.34. The van der Waals surface area contributed by atoms with Crippen LogP contribution in [0, 0.1) is 12.3 Å². The first-order valence-electron chi connectivity index (χ1n) is 8.88. The maximum absolute atomic E-state index is 11.4. The van der Waals surface area contributed by atoms with E-state index in [4.69, 9.17) is 5.41 Å². The van der Waals surface area contributed by atoms with E-state index in [1.165, 1.54) is 7.11 Å². The van der Waals surface area contributed by atoms with E-state index < -0.39 is 6.09 Å². The van der Waals surface area contributed by atoms with Crippen LogP contribution in [0.3, 0.4) is 0 Å². The lowest BCUT2D eigenvalue weighted by molar-refractivity contribution is 0.167. The fourth-order valence-corrected chi connectivity index (χ4v) is 2.97. The van der Waals surface area contributed by atoms with Crippen LogP contribution in [0.25, 0.3) is 22.3 Å². The van der Waals surface area contributed by atoms with Crippen molar-refractivity contribution in [2.45, 2.75) is 26.3 Å². The molecule has 1 atom stereocenters. The van der Waals surface area contributed by atoms with Crippen molar-refractivity contribution in [2.75, 3.05) is 7.11 Å². The highest BCUT2D eigenvalue weighted by atomic mass is 35.5. The minimum absolute atomic E-state index is 0. The van der Waals surface area contributed by atoms with Gasteiger partial charge in [-0.25, -0.2) is 14.8 Å². The zero-order chi connectivity index (χ0) is 20.3. The van der Waals surface area contributed by atoms with Crippen molar-refractivity contribution < 1.29 is 14.6 Å². The molecule has 152 valence electrons. The Bertz CT molecular complexity index is 1060. The van der Waals surface area contributed by atoms with E-state index in [2.05, 4.69) is 20.0 Å². The molecule has 29 heavy (non-hydrogen) atoms. The number of aryl methyl sites for hydroxylation is 1. The van der Waals surface area contributed by atoms with Crippen LogP contribution in [0.4, 0.5) is 4.79 Å². The third kappa shape index (κ3) is 5.00. The molecule has 0 unspecified atom stereocenters. The smallest absolute Gasteiger partial charge is 0.407 e. The fraction of sp³-hybridized carbons (Fsp3) is 0.238. The third-order valence-electron chi connectivity index (χ3n) is 4.34. The third-order valence-corrected chi connectivity index (χ3v) is 4.34. The Morgan fingerprint density at radius 3 is 2.66 bits per heavy atom. The number of ether oxygens (including phenoxy) is 1. The number of nitrogens with zero attached hydrogens (tertiary/aromatic N) is 2. The van der Waals surface area contributed by atoms with Gasteiger partial charge in [-0.1, -0.05) is 24.3 Å². The van der Waals surface area contributed by atoms with Gasteiger partial charge in [-0.05, 0) is 37.6 Å². The molecule has 3 N–H and O–H groups in total. The summed E-state index contributed by atoms with van der Waals surface area (Å²) < 4.78 is 4.61. The van der Waals surface area contributed by atoms with Crippen LogP contribution >= 0.6 is 12.4 Å². The number of phenols is 1. The number of carbonyl (C=O) groups excluding carboxylic acids is 1. The Balaban J connectivity index is 0.00000300. The minimum Gasteiger partial charge on any atom is -0.507 e. The molecule has 2 aromatic carbocycles. The molecule has 8 heteroatoms. The molecule has 0 aliphatic heterocycles. The summed E-state index contributed by atoms with van der Waals surface area (Å²) in [6.45, 7) is 3.76. The Morgan fingerprint density at radius 1 is 1.24 bits per heavy atom. The maximum Gasteiger partial charge on any atom is 0.407 e. The van der Waals surface area contributed by atoms with E-state index in [1.807, 2.05) is 25.1 Å². The standard InChI is InChI=1S/C21H22N4O3.ClH/c1-12-8-9-14-17(10-12)24-20(15-6-4-5-7-18(15)26)25-19(14)16(22)11-13(2)23-21(27)28-3;/h4-10,13,22,26H,11H2,1-3H3,(H,23,27);1H/t13-;/m0./s1. The molecular formula is C21H23ClN4O3. The molecule has 0 aliphatic carbocycles. The molecule has 0 radical (unpaired) electrons. The number of nitrogens with one attached hydrogen (secondary N) is 2. The van der Waals surface area contributed by atoms with Crippen molar-refractivity contribution >= 4 is 35.1 Å². The Labute approximate surface area is 175 Å². The van der Waals surface area contributed by atoms with Crippen molar-refractivity contribution in [1.29, 1.82) is 5.41 Å². The number of benzene rings is 2.